The van der Waals surface area contributed by atoms with Gasteiger partial charge in [0.05, 0.1) is 14.2 Å². The molecule has 1 atom stereocenters. The lowest BCUT2D eigenvalue weighted by Gasteiger charge is -2.14. The summed E-state index contributed by atoms with van der Waals surface area (Å²) in [6.07, 6.45) is 0. The Kier molecular flexibility index (Phi) is 5.94. The molecule has 0 spiro atoms. The zero-order valence-electron chi connectivity index (χ0n) is 15.9. The zero-order chi connectivity index (χ0) is 19.2. The molecule has 0 saturated heterocycles. The van der Waals surface area contributed by atoms with Crippen molar-refractivity contribution in [3.8, 4) is 11.5 Å². The molecular formula is C22H25N2O3+. The second-order valence-corrected chi connectivity index (χ2v) is 6.41. The quantitative estimate of drug-likeness (QED) is 0.676. The van der Waals surface area contributed by atoms with E-state index in [9.17, 15) is 4.79 Å². The minimum Gasteiger partial charge on any atom is -0.493 e. The number of carbonyl (C=O) groups is 1. The highest BCUT2D eigenvalue weighted by Crippen LogP contribution is 2.29. The number of carbonyl (C=O) groups excluding carboxylic acids is 1. The molecule has 0 radical (unpaired) electrons. The predicted octanol–water partition coefficient (Wildman–Crippen LogP) is 3.12. The Balaban J connectivity index is 1.63. The average molecular weight is 365 g/mol. The first kappa shape index (κ1) is 18.7. The Hall–Kier alpha value is -3.05. The molecule has 5 heteroatoms. The number of anilines is 1. The third-order valence-electron chi connectivity index (χ3n) is 4.64. The second-order valence-electron chi connectivity index (χ2n) is 6.41. The van der Waals surface area contributed by atoms with Crippen molar-refractivity contribution in [1.82, 2.24) is 0 Å². The molecule has 27 heavy (non-hydrogen) atoms. The van der Waals surface area contributed by atoms with Gasteiger partial charge in [-0.2, -0.15) is 0 Å². The Morgan fingerprint density at radius 3 is 2.52 bits per heavy atom. The molecule has 3 rings (SSSR count). The largest absolute Gasteiger partial charge is 0.493 e. The number of methoxy groups -OCH3 is 2. The fourth-order valence-electron chi connectivity index (χ4n) is 3.18. The minimum absolute atomic E-state index is 0.0608. The fraction of sp³-hybridized carbons (Fsp3) is 0.227. The van der Waals surface area contributed by atoms with Crippen molar-refractivity contribution >= 4 is 22.4 Å². The number of fused-ring (bicyclic) bond motifs is 1. The molecule has 0 aliphatic rings. The molecule has 3 N–H and O–H groups in total. The van der Waals surface area contributed by atoms with Gasteiger partial charge in [-0.3, -0.25) is 4.79 Å². The van der Waals surface area contributed by atoms with Crippen LogP contribution in [-0.2, 0) is 4.79 Å². The first-order valence-corrected chi connectivity index (χ1v) is 8.95. The highest BCUT2D eigenvalue weighted by atomic mass is 16.5. The van der Waals surface area contributed by atoms with Crippen molar-refractivity contribution in [1.29, 1.82) is 0 Å². The average Bonchev–Trinajstić information content (AvgIpc) is 2.71. The topological polar surface area (TPSA) is 64.2 Å². The van der Waals surface area contributed by atoms with Gasteiger partial charge in [-0.05, 0) is 29.8 Å². The number of rotatable bonds is 7. The van der Waals surface area contributed by atoms with Crippen LogP contribution in [-0.4, -0.2) is 26.7 Å². The summed E-state index contributed by atoms with van der Waals surface area (Å²) in [6, 6.07) is 20.1. The third-order valence-corrected chi connectivity index (χ3v) is 4.64. The van der Waals surface area contributed by atoms with E-state index in [1.54, 1.807) is 32.4 Å². The molecule has 0 bridgehead atoms. The van der Waals surface area contributed by atoms with Gasteiger partial charge >= 0.3 is 0 Å². The monoisotopic (exact) mass is 365 g/mol. The maximum absolute atomic E-state index is 12.4. The highest BCUT2D eigenvalue weighted by Gasteiger charge is 2.14. The molecule has 0 heterocycles. The summed E-state index contributed by atoms with van der Waals surface area (Å²) in [6.45, 7) is 2.45. The van der Waals surface area contributed by atoms with Gasteiger partial charge in [0, 0.05) is 17.3 Å². The van der Waals surface area contributed by atoms with E-state index in [0.717, 1.165) is 0 Å². The number of quaternary nitrogens is 1. The Morgan fingerprint density at radius 1 is 1.00 bits per heavy atom. The third kappa shape index (κ3) is 4.38. The van der Waals surface area contributed by atoms with Crippen molar-refractivity contribution in [2.75, 3.05) is 26.1 Å². The maximum Gasteiger partial charge on any atom is 0.279 e. The molecule has 5 nitrogen and oxygen atoms in total. The maximum atomic E-state index is 12.4. The molecule has 0 aliphatic carbocycles. The van der Waals surface area contributed by atoms with Crippen molar-refractivity contribution in [2.24, 2.45) is 0 Å². The van der Waals surface area contributed by atoms with Gasteiger partial charge in [-0.25, -0.2) is 0 Å². The van der Waals surface area contributed by atoms with E-state index in [-0.39, 0.29) is 11.9 Å². The summed E-state index contributed by atoms with van der Waals surface area (Å²) >= 11 is 0. The SMILES string of the molecule is COc1ccc(NC(=O)C[NH2+][C@H](C)c2cccc3ccccc23)cc1OC. The van der Waals surface area contributed by atoms with Gasteiger partial charge in [-0.1, -0.05) is 42.5 Å². The van der Waals surface area contributed by atoms with Crippen LogP contribution in [0.1, 0.15) is 18.5 Å². The zero-order valence-corrected chi connectivity index (χ0v) is 15.9. The van der Waals surface area contributed by atoms with Gasteiger partial charge in [-0.15, -0.1) is 0 Å². The molecular weight excluding hydrogens is 340 g/mol. The standard InChI is InChI=1S/C22H24N2O3/c1-15(18-10-6-8-16-7-4-5-9-19(16)18)23-14-22(25)24-17-11-12-20(26-2)21(13-17)27-3/h4-13,15,23H,14H2,1-3H3,(H,24,25)/p+1/t15-/m1/s1. The van der Waals surface area contributed by atoms with Crippen molar-refractivity contribution in [3.05, 3.63) is 66.2 Å². The number of hydrogen-bond donors (Lipinski definition) is 2. The van der Waals surface area contributed by atoms with E-state index in [2.05, 4.69) is 42.6 Å². The lowest BCUT2D eigenvalue weighted by molar-refractivity contribution is -0.682. The molecule has 0 aliphatic heterocycles. The lowest BCUT2D eigenvalue weighted by Crippen LogP contribution is -2.86. The predicted molar refractivity (Wildman–Crippen MR) is 107 cm³/mol. The van der Waals surface area contributed by atoms with Crippen LogP contribution < -0.4 is 20.1 Å². The Labute approximate surface area is 159 Å². The number of hydrogen-bond acceptors (Lipinski definition) is 3. The molecule has 140 valence electrons. The number of nitrogens with two attached hydrogens (primary N) is 1. The molecule has 0 saturated carbocycles. The summed E-state index contributed by atoms with van der Waals surface area (Å²) in [5.41, 5.74) is 1.91. The van der Waals surface area contributed by atoms with Crippen LogP contribution in [0.2, 0.25) is 0 Å². The van der Waals surface area contributed by atoms with Crippen LogP contribution in [0.25, 0.3) is 10.8 Å². The molecule has 1 amide bonds. The Bertz CT molecular complexity index is 934. The molecule has 3 aromatic carbocycles. The van der Waals surface area contributed by atoms with Crippen LogP contribution in [0.15, 0.2) is 60.7 Å². The van der Waals surface area contributed by atoms with E-state index in [4.69, 9.17) is 9.47 Å². The number of amides is 1. The van der Waals surface area contributed by atoms with Gasteiger partial charge in [0.2, 0.25) is 0 Å². The number of nitrogens with one attached hydrogen (secondary N) is 1. The number of ether oxygens (including phenoxy) is 2. The molecule has 0 aromatic heterocycles. The van der Waals surface area contributed by atoms with Crippen LogP contribution in [0.4, 0.5) is 5.69 Å². The van der Waals surface area contributed by atoms with Crippen molar-refractivity contribution < 1.29 is 19.6 Å². The molecule has 3 aromatic rings. The summed E-state index contributed by atoms with van der Waals surface area (Å²) in [5, 5.41) is 7.38. The summed E-state index contributed by atoms with van der Waals surface area (Å²) in [7, 11) is 3.16. The summed E-state index contributed by atoms with van der Waals surface area (Å²) < 4.78 is 10.5. The normalized spacial score (nSPS) is 11.8. The summed E-state index contributed by atoms with van der Waals surface area (Å²) in [4.78, 5) is 12.4. The van der Waals surface area contributed by atoms with Crippen LogP contribution in [0.3, 0.4) is 0 Å². The van der Waals surface area contributed by atoms with E-state index in [0.29, 0.717) is 23.7 Å². The van der Waals surface area contributed by atoms with E-state index >= 15 is 0 Å². The van der Waals surface area contributed by atoms with Gasteiger partial charge < -0.3 is 20.1 Å². The van der Waals surface area contributed by atoms with Crippen LogP contribution >= 0.6 is 0 Å². The Morgan fingerprint density at radius 2 is 1.74 bits per heavy atom. The second kappa shape index (κ2) is 8.56. The van der Waals surface area contributed by atoms with Crippen LogP contribution in [0.5, 0.6) is 11.5 Å². The van der Waals surface area contributed by atoms with Gasteiger partial charge in [0.15, 0.2) is 18.0 Å². The van der Waals surface area contributed by atoms with Crippen molar-refractivity contribution in [3.63, 3.8) is 0 Å². The van der Waals surface area contributed by atoms with E-state index < -0.39 is 0 Å². The fourth-order valence-corrected chi connectivity index (χ4v) is 3.18. The van der Waals surface area contributed by atoms with Gasteiger partial charge in [0.1, 0.15) is 6.04 Å². The first-order valence-electron chi connectivity index (χ1n) is 8.95. The lowest BCUT2D eigenvalue weighted by atomic mass is 10.00. The molecule has 0 fully saturated rings. The summed E-state index contributed by atoms with van der Waals surface area (Å²) in [5.74, 6) is 1.16. The smallest absolute Gasteiger partial charge is 0.279 e. The van der Waals surface area contributed by atoms with Gasteiger partial charge in [0.25, 0.3) is 5.91 Å². The number of benzene rings is 3. The highest BCUT2D eigenvalue weighted by molar-refractivity contribution is 5.91. The van der Waals surface area contributed by atoms with E-state index in [1.165, 1.54) is 16.3 Å². The minimum atomic E-state index is -0.0608. The molecule has 0 unspecified atom stereocenters. The first-order chi connectivity index (χ1) is 13.1. The van der Waals surface area contributed by atoms with E-state index in [1.807, 2.05) is 17.4 Å². The van der Waals surface area contributed by atoms with Crippen molar-refractivity contribution in [2.45, 2.75) is 13.0 Å². The van der Waals surface area contributed by atoms with Crippen LogP contribution in [0, 0.1) is 0 Å².